The van der Waals surface area contributed by atoms with Crippen LogP contribution < -0.4 is 0 Å². The van der Waals surface area contributed by atoms with E-state index in [9.17, 15) is 9.59 Å². The van der Waals surface area contributed by atoms with Crippen molar-refractivity contribution in [2.45, 2.75) is 20.3 Å². The highest BCUT2D eigenvalue weighted by molar-refractivity contribution is 5.79. The molecule has 0 unspecified atom stereocenters. The fourth-order valence-electron chi connectivity index (χ4n) is 2.49. The minimum atomic E-state index is -0.886. The van der Waals surface area contributed by atoms with Crippen LogP contribution in [0.3, 0.4) is 0 Å². The first-order chi connectivity index (χ1) is 12.0. The predicted molar refractivity (Wildman–Crippen MR) is 90.4 cm³/mol. The van der Waals surface area contributed by atoms with Gasteiger partial charge < -0.3 is 29.0 Å². The first kappa shape index (κ1) is 21.8. The molecule has 0 aromatic carbocycles. The van der Waals surface area contributed by atoms with Crippen LogP contribution in [0.2, 0.25) is 0 Å². The number of amides is 1. The Kier molecular flexibility index (Phi) is 11.4. The highest BCUT2D eigenvalue weighted by atomic mass is 16.6. The highest BCUT2D eigenvalue weighted by Gasteiger charge is 2.24. The summed E-state index contributed by atoms with van der Waals surface area (Å²) < 4.78 is 21.7. The molecule has 146 valence electrons. The third kappa shape index (κ3) is 9.74. The van der Waals surface area contributed by atoms with Crippen molar-refractivity contribution in [3.63, 3.8) is 0 Å². The minimum Gasteiger partial charge on any atom is -0.481 e. The van der Waals surface area contributed by atoms with Crippen molar-refractivity contribution >= 4 is 11.9 Å². The molecule has 8 nitrogen and oxygen atoms in total. The van der Waals surface area contributed by atoms with Gasteiger partial charge in [-0.15, -0.1) is 0 Å². The van der Waals surface area contributed by atoms with Crippen LogP contribution in [-0.4, -0.2) is 87.8 Å². The fraction of sp³-hybridized carbons (Fsp3) is 0.882. The van der Waals surface area contributed by atoms with E-state index in [1.54, 1.807) is 18.7 Å². The van der Waals surface area contributed by atoms with E-state index >= 15 is 0 Å². The maximum absolute atomic E-state index is 12.6. The number of ether oxygens (including phenoxy) is 4. The minimum absolute atomic E-state index is 0.0721. The Bertz CT molecular complexity index is 375. The summed E-state index contributed by atoms with van der Waals surface area (Å²) in [5.41, 5.74) is 0. The van der Waals surface area contributed by atoms with E-state index in [0.29, 0.717) is 72.4 Å². The van der Waals surface area contributed by atoms with E-state index in [0.717, 1.165) is 0 Å². The Hall–Kier alpha value is -1.22. The number of nitrogens with zero attached hydrogens (tertiary/aromatic N) is 1. The van der Waals surface area contributed by atoms with Crippen molar-refractivity contribution in [3.8, 4) is 0 Å². The van der Waals surface area contributed by atoms with Crippen molar-refractivity contribution in [1.82, 2.24) is 4.90 Å². The molecule has 0 saturated carbocycles. The summed E-state index contributed by atoms with van der Waals surface area (Å²) in [6.45, 7) is 8.04. The number of rotatable bonds is 4. The molecule has 0 spiro atoms. The molecule has 1 N–H and O–H groups in total. The molecule has 0 aromatic rings. The number of carboxylic acid groups (broad SMARTS) is 1. The molecule has 0 radical (unpaired) electrons. The average Bonchev–Trinajstić information content (AvgIpc) is 2.59. The number of carbonyl (C=O) groups excluding carboxylic acids is 1. The first-order valence-corrected chi connectivity index (χ1v) is 8.85. The molecular formula is C17H31NO7. The van der Waals surface area contributed by atoms with Crippen LogP contribution in [0.4, 0.5) is 0 Å². The lowest BCUT2D eigenvalue weighted by molar-refractivity contribution is -0.143. The molecule has 1 rings (SSSR count). The van der Waals surface area contributed by atoms with Gasteiger partial charge in [-0.25, -0.2) is 0 Å². The Morgan fingerprint density at radius 3 is 1.60 bits per heavy atom. The lowest BCUT2D eigenvalue weighted by Crippen LogP contribution is -2.40. The van der Waals surface area contributed by atoms with E-state index in [-0.39, 0.29) is 11.8 Å². The number of hydrogen-bond acceptors (Lipinski definition) is 6. The maximum atomic E-state index is 12.6. The second kappa shape index (κ2) is 13.0. The summed E-state index contributed by atoms with van der Waals surface area (Å²) in [7, 11) is 0. The molecule has 1 aliphatic heterocycles. The normalized spacial score (nSPS) is 21.6. The molecule has 0 aromatic heterocycles. The van der Waals surface area contributed by atoms with Crippen molar-refractivity contribution < 1.29 is 33.6 Å². The maximum Gasteiger partial charge on any atom is 0.306 e. The Balaban J connectivity index is 2.52. The van der Waals surface area contributed by atoms with Crippen LogP contribution in [0.5, 0.6) is 0 Å². The summed E-state index contributed by atoms with van der Waals surface area (Å²) in [5.74, 6) is -1.87. The smallest absolute Gasteiger partial charge is 0.306 e. The zero-order valence-corrected chi connectivity index (χ0v) is 15.3. The van der Waals surface area contributed by atoms with Crippen LogP contribution >= 0.6 is 0 Å². The highest BCUT2D eigenvalue weighted by Crippen LogP contribution is 2.15. The molecule has 1 amide bonds. The first-order valence-electron chi connectivity index (χ1n) is 8.85. The van der Waals surface area contributed by atoms with Gasteiger partial charge in [-0.05, 0) is 6.42 Å². The number of carboxylic acids is 1. The molecule has 8 heteroatoms. The van der Waals surface area contributed by atoms with Gasteiger partial charge >= 0.3 is 5.97 Å². The Labute approximate surface area is 149 Å². The van der Waals surface area contributed by atoms with E-state index in [1.807, 2.05) is 0 Å². The molecule has 0 bridgehead atoms. The lowest BCUT2D eigenvalue weighted by atomic mass is 9.96. The SMILES string of the molecule is C[C@H](C[C@H](C)C(=O)O)C(=O)N1CCOCCOCCOCCOCC1. The van der Waals surface area contributed by atoms with Gasteiger partial charge in [-0.1, -0.05) is 13.8 Å². The van der Waals surface area contributed by atoms with Crippen LogP contribution in [0.25, 0.3) is 0 Å². The zero-order valence-electron chi connectivity index (χ0n) is 15.3. The van der Waals surface area contributed by atoms with Gasteiger partial charge in [0.2, 0.25) is 5.91 Å². The summed E-state index contributed by atoms with van der Waals surface area (Å²) in [4.78, 5) is 25.3. The monoisotopic (exact) mass is 361 g/mol. The number of hydrogen-bond donors (Lipinski definition) is 1. The van der Waals surface area contributed by atoms with Gasteiger partial charge in [0, 0.05) is 19.0 Å². The molecule has 25 heavy (non-hydrogen) atoms. The van der Waals surface area contributed by atoms with Gasteiger partial charge in [-0.3, -0.25) is 9.59 Å². The van der Waals surface area contributed by atoms with E-state index in [2.05, 4.69) is 0 Å². The van der Waals surface area contributed by atoms with Gasteiger partial charge in [0.1, 0.15) is 0 Å². The van der Waals surface area contributed by atoms with Crippen LogP contribution in [0.15, 0.2) is 0 Å². The second-order valence-electron chi connectivity index (χ2n) is 6.15. The standard InChI is InChI=1S/C17H31NO7/c1-14(13-15(2)17(20)21)16(19)18-3-5-22-7-9-24-11-12-25-10-8-23-6-4-18/h14-15H,3-13H2,1-2H3,(H,20,21)/t14-,15+/m1/s1. The predicted octanol–water partition coefficient (Wildman–Crippen LogP) is 0.642. The molecule has 1 heterocycles. The third-order valence-electron chi connectivity index (χ3n) is 3.99. The number of aliphatic carboxylic acids is 1. The van der Waals surface area contributed by atoms with Crippen molar-refractivity contribution in [2.75, 3.05) is 65.9 Å². The van der Waals surface area contributed by atoms with Gasteiger partial charge in [0.05, 0.1) is 58.8 Å². The van der Waals surface area contributed by atoms with Gasteiger partial charge in [-0.2, -0.15) is 0 Å². The van der Waals surface area contributed by atoms with E-state index in [1.165, 1.54) is 0 Å². The molecule has 2 atom stereocenters. The molecule has 1 aliphatic rings. The van der Waals surface area contributed by atoms with Gasteiger partial charge in [0.25, 0.3) is 0 Å². The van der Waals surface area contributed by atoms with Crippen molar-refractivity contribution in [2.24, 2.45) is 11.8 Å². The third-order valence-corrected chi connectivity index (χ3v) is 3.99. The number of carbonyl (C=O) groups is 2. The fourth-order valence-corrected chi connectivity index (χ4v) is 2.49. The van der Waals surface area contributed by atoms with E-state index < -0.39 is 11.9 Å². The summed E-state index contributed by atoms with van der Waals surface area (Å²) in [6, 6.07) is 0. The molecule has 1 saturated heterocycles. The quantitative estimate of drug-likeness (QED) is 0.785. The lowest BCUT2D eigenvalue weighted by Gasteiger charge is -2.26. The largest absolute Gasteiger partial charge is 0.481 e. The van der Waals surface area contributed by atoms with Crippen LogP contribution in [0, 0.1) is 11.8 Å². The summed E-state index contributed by atoms with van der Waals surface area (Å²) in [5, 5.41) is 9.02. The van der Waals surface area contributed by atoms with E-state index in [4.69, 9.17) is 24.1 Å². The second-order valence-corrected chi connectivity index (χ2v) is 6.15. The zero-order chi connectivity index (χ0) is 18.5. The molecule has 0 aliphatic carbocycles. The molecular weight excluding hydrogens is 330 g/mol. The van der Waals surface area contributed by atoms with Crippen LogP contribution in [0.1, 0.15) is 20.3 Å². The Morgan fingerprint density at radius 1 is 0.800 bits per heavy atom. The van der Waals surface area contributed by atoms with Crippen molar-refractivity contribution in [3.05, 3.63) is 0 Å². The van der Waals surface area contributed by atoms with Crippen LogP contribution in [-0.2, 0) is 28.5 Å². The summed E-state index contributed by atoms with van der Waals surface area (Å²) in [6.07, 6.45) is 0.314. The summed E-state index contributed by atoms with van der Waals surface area (Å²) >= 11 is 0. The molecule has 1 fully saturated rings. The average molecular weight is 361 g/mol. The van der Waals surface area contributed by atoms with Gasteiger partial charge in [0.15, 0.2) is 0 Å². The van der Waals surface area contributed by atoms with Crippen molar-refractivity contribution in [1.29, 1.82) is 0 Å². The topological polar surface area (TPSA) is 94.5 Å². The Morgan fingerprint density at radius 2 is 1.20 bits per heavy atom.